The average Bonchev–Trinajstić information content (AvgIpc) is 2.85. The van der Waals surface area contributed by atoms with E-state index in [4.69, 9.17) is 0 Å². The SMILES string of the molecule is CCNC(=O)c1ccc(NCCc2nncn2C)nn1. The lowest BCUT2D eigenvalue weighted by molar-refractivity contribution is 0.0950. The molecule has 1 amide bonds. The summed E-state index contributed by atoms with van der Waals surface area (Å²) in [6, 6.07) is 3.37. The Morgan fingerprint density at radius 2 is 2.15 bits per heavy atom. The number of nitrogens with zero attached hydrogens (tertiary/aromatic N) is 5. The van der Waals surface area contributed by atoms with Gasteiger partial charge in [-0.1, -0.05) is 0 Å². The van der Waals surface area contributed by atoms with Crippen LogP contribution < -0.4 is 10.6 Å². The van der Waals surface area contributed by atoms with E-state index in [1.807, 2.05) is 18.5 Å². The molecule has 0 aromatic carbocycles. The zero-order chi connectivity index (χ0) is 14.4. The van der Waals surface area contributed by atoms with Crippen molar-refractivity contribution in [1.29, 1.82) is 0 Å². The van der Waals surface area contributed by atoms with Crippen LogP contribution in [0.5, 0.6) is 0 Å². The van der Waals surface area contributed by atoms with E-state index >= 15 is 0 Å². The zero-order valence-electron chi connectivity index (χ0n) is 11.5. The van der Waals surface area contributed by atoms with Crippen molar-refractivity contribution in [3.63, 3.8) is 0 Å². The Labute approximate surface area is 116 Å². The number of aryl methyl sites for hydroxylation is 1. The lowest BCUT2D eigenvalue weighted by Crippen LogP contribution is -2.24. The van der Waals surface area contributed by atoms with Gasteiger partial charge in [0.1, 0.15) is 18.0 Å². The van der Waals surface area contributed by atoms with E-state index in [1.165, 1.54) is 0 Å². The number of hydrogen-bond acceptors (Lipinski definition) is 6. The minimum absolute atomic E-state index is 0.217. The summed E-state index contributed by atoms with van der Waals surface area (Å²) in [4.78, 5) is 11.5. The highest BCUT2D eigenvalue weighted by Gasteiger charge is 2.06. The molecule has 0 spiro atoms. The maximum Gasteiger partial charge on any atom is 0.271 e. The van der Waals surface area contributed by atoms with Crippen molar-refractivity contribution in [2.24, 2.45) is 7.05 Å². The van der Waals surface area contributed by atoms with Gasteiger partial charge in [0, 0.05) is 26.6 Å². The van der Waals surface area contributed by atoms with E-state index < -0.39 is 0 Å². The fraction of sp³-hybridized carbons (Fsp3) is 0.417. The standard InChI is InChI=1S/C12H17N7O/c1-3-13-12(20)9-4-5-10(17-16-9)14-7-6-11-18-15-8-19(11)2/h4-5,8H,3,6-7H2,1-2H3,(H,13,20)(H,14,17). The lowest BCUT2D eigenvalue weighted by atomic mass is 10.3. The summed E-state index contributed by atoms with van der Waals surface area (Å²) in [5.41, 5.74) is 0.311. The topological polar surface area (TPSA) is 97.6 Å². The van der Waals surface area contributed by atoms with Crippen LogP contribution in [0.2, 0.25) is 0 Å². The molecule has 2 heterocycles. The Morgan fingerprint density at radius 1 is 1.30 bits per heavy atom. The first kappa shape index (κ1) is 13.9. The highest BCUT2D eigenvalue weighted by Crippen LogP contribution is 2.02. The Bertz CT molecular complexity index is 563. The molecule has 8 nitrogen and oxygen atoms in total. The van der Waals surface area contributed by atoms with E-state index in [2.05, 4.69) is 31.0 Å². The van der Waals surface area contributed by atoms with Crippen LogP contribution in [0.15, 0.2) is 18.5 Å². The predicted molar refractivity (Wildman–Crippen MR) is 73.2 cm³/mol. The minimum atomic E-state index is -0.217. The first-order valence-electron chi connectivity index (χ1n) is 6.39. The molecule has 106 valence electrons. The van der Waals surface area contributed by atoms with Crippen LogP contribution in [0.25, 0.3) is 0 Å². The summed E-state index contributed by atoms with van der Waals surface area (Å²) in [6.07, 6.45) is 2.40. The molecule has 0 aliphatic rings. The molecule has 8 heteroatoms. The van der Waals surface area contributed by atoms with Gasteiger partial charge in [0.2, 0.25) is 0 Å². The van der Waals surface area contributed by atoms with Crippen LogP contribution in [-0.4, -0.2) is 44.0 Å². The highest BCUT2D eigenvalue weighted by molar-refractivity contribution is 5.92. The fourth-order valence-corrected chi connectivity index (χ4v) is 1.63. The van der Waals surface area contributed by atoms with Crippen molar-refractivity contribution in [2.45, 2.75) is 13.3 Å². The molecule has 2 aromatic rings. The van der Waals surface area contributed by atoms with E-state index in [9.17, 15) is 4.79 Å². The Balaban J connectivity index is 1.85. The van der Waals surface area contributed by atoms with Crippen molar-refractivity contribution in [3.05, 3.63) is 30.0 Å². The number of anilines is 1. The highest BCUT2D eigenvalue weighted by atomic mass is 16.1. The molecule has 0 aliphatic carbocycles. The largest absolute Gasteiger partial charge is 0.368 e. The quantitative estimate of drug-likeness (QED) is 0.770. The van der Waals surface area contributed by atoms with Crippen LogP contribution in [0, 0.1) is 0 Å². The molecule has 0 unspecified atom stereocenters. The van der Waals surface area contributed by atoms with Gasteiger partial charge in [-0.3, -0.25) is 4.79 Å². The lowest BCUT2D eigenvalue weighted by Gasteiger charge is -2.05. The van der Waals surface area contributed by atoms with Gasteiger partial charge in [-0.05, 0) is 19.1 Å². The third kappa shape index (κ3) is 3.50. The molecule has 2 N–H and O–H groups in total. The first-order valence-corrected chi connectivity index (χ1v) is 6.39. The molecule has 0 aliphatic heterocycles. The minimum Gasteiger partial charge on any atom is -0.368 e. The molecule has 0 bridgehead atoms. The smallest absolute Gasteiger partial charge is 0.271 e. The number of nitrogens with one attached hydrogen (secondary N) is 2. The van der Waals surface area contributed by atoms with Crippen molar-refractivity contribution < 1.29 is 4.79 Å². The summed E-state index contributed by atoms with van der Waals surface area (Å²) >= 11 is 0. The first-order chi connectivity index (χ1) is 9.70. The van der Waals surface area contributed by atoms with Gasteiger partial charge in [-0.15, -0.1) is 20.4 Å². The number of carbonyl (C=O) groups is 1. The summed E-state index contributed by atoms with van der Waals surface area (Å²) in [5.74, 6) is 1.30. The summed E-state index contributed by atoms with van der Waals surface area (Å²) in [5, 5.41) is 21.4. The van der Waals surface area contributed by atoms with Gasteiger partial charge in [0.15, 0.2) is 5.69 Å². The maximum atomic E-state index is 11.5. The van der Waals surface area contributed by atoms with Gasteiger partial charge in [-0.2, -0.15) is 0 Å². The van der Waals surface area contributed by atoms with Gasteiger partial charge in [0.25, 0.3) is 5.91 Å². The molecule has 0 saturated heterocycles. The normalized spacial score (nSPS) is 10.3. The van der Waals surface area contributed by atoms with Crippen molar-refractivity contribution >= 4 is 11.7 Å². The Kier molecular flexibility index (Phi) is 4.59. The van der Waals surface area contributed by atoms with Crippen LogP contribution in [0.1, 0.15) is 23.2 Å². The molecule has 20 heavy (non-hydrogen) atoms. The van der Waals surface area contributed by atoms with E-state index in [-0.39, 0.29) is 5.91 Å². The van der Waals surface area contributed by atoms with Gasteiger partial charge >= 0.3 is 0 Å². The number of carbonyl (C=O) groups excluding carboxylic acids is 1. The third-order valence-electron chi connectivity index (χ3n) is 2.69. The second-order valence-corrected chi connectivity index (χ2v) is 4.20. The molecule has 0 saturated carbocycles. The molecular weight excluding hydrogens is 258 g/mol. The van der Waals surface area contributed by atoms with Crippen LogP contribution in [0.3, 0.4) is 0 Å². The maximum absolute atomic E-state index is 11.5. The van der Waals surface area contributed by atoms with E-state index in [0.29, 0.717) is 24.6 Å². The molecular formula is C12H17N7O. The zero-order valence-corrected chi connectivity index (χ0v) is 11.5. The molecule has 0 atom stereocenters. The van der Waals surface area contributed by atoms with Crippen molar-refractivity contribution in [1.82, 2.24) is 30.3 Å². The monoisotopic (exact) mass is 275 g/mol. The molecule has 0 radical (unpaired) electrons. The molecule has 2 aromatic heterocycles. The average molecular weight is 275 g/mol. The fourth-order valence-electron chi connectivity index (χ4n) is 1.63. The Hall–Kier alpha value is -2.51. The number of rotatable bonds is 6. The predicted octanol–water partition coefficient (Wildman–Crippen LogP) is 0.00940. The van der Waals surface area contributed by atoms with E-state index in [1.54, 1.807) is 18.5 Å². The number of amides is 1. The van der Waals surface area contributed by atoms with Gasteiger partial charge < -0.3 is 15.2 Å². The summed E-state index contributed by atoms with van der Waals surface area (Å²) in [7, 11) is 1.90. The van der Waals surface area contributed by atoms with Crippen LogP contribution in [0.4, 0.5) is 5.82 Å². The summed E-state index contributed by atoms with van der Waals surface area (Å²) in [6.45, 7) is 3.09. The van der Waals surface area contributed by atoms with Gasteiger partial charge in [0.05, 0.1) is 0 Å². The second kappa shape index (κ2) is 6.60. The Morgan fingerprint density at radius 3 is 2.75 bits per heavy atom. The van der Waals surface area contributed by atoms with Crippen molar-refractivity contribution in [2.75, 3.05) is 18.4 Å². The number of hydrogen-bond donors (Lipinski definition) is 2. The van der Waals surface area contributed by atoms with Crippen LogP contribution >= 0.6 is 0 Å². The molecule has 2 rings (SSSR count). The van der Waals surface area contributed by atoms with E-state index in [0.717, 1.165) is 12.2 Å². The molecule has 0 fully saturated rings. The third-order valence-corrected chi connectivity index (χ3v) is 2.69. The van der Waals surface area contributed by atoms with Gasteiger partial charge in [-0.25, -0.2) is 0 Å². The van der Waals surface area contributed by atoms with Crippen LogP contribution in [-0.2, 0) is 13.5 Å². The number of aromatic nitrogens is 5. The van der Waals surface area contributed by atoms with Crippen molar-refractivity contribution in [3.8, 4) is 0 Å². The second-order valence-electron chi connectivity index (χ2n) is 4.20. The summed E-state index contributed by atoms with van der Waals surface area (Å²) < 4.78 is 1.87.